The maximum Gasteiger partial charge on any atom is 0.272 e. The van der Waals surface area contributed by atoms with Crippen LogP contribution in [-0.4, -0.2) is 25.9 Å². The molecule has 0 aliphatic carbocycles. The highest BCUT2D eigenvalue weighted by Gasteiger charge is 2.24. The van der Waals surface area contributed by atoms with Crippen molar-refractivity contribution in [1.29, 1.82) is 0 Å². The van der Waals surface area contributed by atoms with Crippen molar-refractivity contribution in [3.8, 4) is 0 Å². The van der Waals surface area contributed by atoms with Gasteiger partial charge in [0, 0.05) is 17.8 Å². The topological polar surface area (TPSA) is 84.8 Å². The van der Waals surface area contributed by atoms with Crippen LogP contribution in [0.15, 0.2) is 30.3 Å². The minimum atomic E-state index is -0.281. The highest BCUT2D eigenvalue weighted by molar-refractivity contribution is 5.92. The number of aromatic amines is 1. The molecule has 1 aliphatic heterocycles. The molecule has 1 amide bonds. The second-order valence-corrected chi connectivity index (χ2v) is 6.65. The summed E-state index contributed by atoms with van der Waals surface area (Å²) in [5.74, 6) is -0.522. The van der Waals surface area contributed by atoms with Gasteiger partial charge in [-0.3, -0.25) is 14.6 Å². The van der Waals surface area contributed by atoms with Crippen LogP contribution in [0.3, 0.4) is 0 Å². The van der Waals surface area contributed by atoms with Crippen LogP contribution in [0.4, 0.5) is 4.39 Å². The van der Waals surface area contributed by atoms with Gasteiger partial charge in [-0.15, -0.1) is 0 Å². The molecular formula is C19H20FN5O2. The molecular weight excluding hydrogens is 349 g/mol. The maximum atomic E-state index is 13.1. The van der Waals surface area contributed by atoms with E-state index in [4.69, 9.17) is 4.74 Å². The Bertz CT molecular complexity index is 957. The molecule has 0 bridgehead atoms. The lowest BCUT2D eigenvalue weighted by Crippen LogP contribution is -2.24. The van der Waals surface area contributed by atoms with E-state index < -0.39 is 0 Å². The molecule has 2 N–H and O–H groups in total. The van der Waals surface area contributed by atoms with Crippen molar-refractivity contribution in [3.63, 3.8) is 0 Å². The van der Waals surface area contributed by atoms with Crippen LogP contribution in [0.2, 0.25) is 0 Å². The molecule has 0 saturated carbocycles. The first-order valence-corrected chi connectivity index (χ1v) is 8.73. The second kappa shape index (κ2) is 6.96. The molecule has 27 heavy (non-hydrogen) atoms. The minimum absolute atomic E-state index is 0.217. The monoisotopic (exact) mass is 369 g/mol. The SMILES string of the molecule is Cc1n[nH]c(C)c1CNC(=O)c1cc2n(n1)C[C@H](c1ccc(F)cc1)OC2. The third-order valence-electron chi connectivity index (χ3n) is 4.82. The van der Waals surface area contributed by atoms with E-state index >= 15 is 0 Å². The number of nitrogens with one attached hydrogen (secondary N) is 2. The van der Waals surface area contributed by atoms with E-state index in [1.807, 2.05) is 13.8 Å². The summed E-state index contributed by atoms with van der Waals surface area (Å²) in [6.45, 7) is 5.04. The van der Waals surface area contributed by atoms with Gasteiger partial charge in [-0.1, -0.05) is 12.1 Å². The Morgan fingerprint density at radius 2 is 2.15 bits per heavy atom. The van der Waals surface area contributed by atoms with Crippen LogP contribution in [0.5, 0.6) is 0 Å². The van der Waals surface area contributed by atoms with E-state index in [0.717, 1.165) is 28.2 Å². The van der Waals surface area contributed by atoms with E-state index in [9.17, 15) is 9.18 Å². The fourth-order valence-electron chi connectivity index (χ4n) is 3.21. The van der Waals surface area contributed by atoms with Crippen molar-refractivity contribution < 1.29 is 13.9 Å². The van der Waals surface area contributed by atoms with Crippen LogP contribution in [-0.2, 0) is 24.4 Å². The third kappa shape index (κ3) is 3.48. The first-order chi connectivity index (χ1) is 13.0. The molecule has 1 aromatic carbocycles. The third-order valence-corrected chi connectivity index (χ3v) is 4.82. The normalized spacial score (nSPS) is 16.2. The van der Waals surface area contributed by atoms with E-state index in [2.05, 4.69) is 20.6 Å². The van der Waals surface area contributed by atoms with Crippen molar-refractivity contribution in [2.24, 2.45) is 0 Å². The first-order valence-electron chi connectivity index (χ1n) is 8.73. The minimum Gasteiger partial charge on any atom is -0.365 e. The molecule has 3 aromatic rings. The molecule has 3 heterocycles. The number of hydrogen-bond donors (Lipinski definition) is 2. The highest BCUT2D eigenvalue weighted by Crippen LogP contribution is 2.26. The zero-order valence-electron chi connectivity index (χ0n) is 15.1. The molecule has 0 fully saturated rings. The summed E-state index contributed by atoms with van der Waals surface area (Å²) in [6.07, 6.45) is -0.217. The number of hydrogen-bond acceptors (Lipinski definition) is 4. The maximum absolute atomic E-state index is 13.1. The number of H-pyrrole nitrogens is 1. The van der Waals surface area contributed by atoms with Crippen LogP contribution >= 0.6 is 0 Å². The number of nitrogens with zero attached hydrogens (tertiary/aromatic N) is 3. The predicted octanol–water partition coefficient (Wildman–Crippen LogP) is 2.56. The zero-order chi connectivity index (χ0) is 19.0. The summed E-state index contributed by atoms with van der Waals surface area (Å²) in [4.78, 5) is 12.5. The van der Waals surface area contributed by atoms with Crippen LogP contribution in [0, 0.1) is 19.7 Å². The van der Waals surface area contributed by atoms with E-state index in [0.29, 0.717) is 25.4 Å². The molecule has 0 radical (unpaired) electrons. The van der Waals surface area contributed by atoms with E-state index in [1.165, 1.54) is 12.1 Å². The largest absolute Gasteiger partial charge is 0.365 e. The van der Waals surface area contributed by atoms with Crippen molar-refractivity contribution in [2.75, 3.05) is 0 Å². The lowest BCUT2D eigenvalue weighted by molar-refractivity contribution is -0.00123. The molecule has 0 saturated heterocycles. The van der Waals surface area contributed by atoms with Gasteiger partial charge in [-0.25, -0.2) is 4.39 Å². The van der Waals surface area contributed by atoms with Gasteiger partial charge < -0.3 is 10.1 Å². The predicted molar refractivity (Wildman–Crippen MR) is 95.4 cm³/mol. The molecule has 8 heteroatoms. The summed E-state index contributed by atoms with van der Waals surface area (Å²) in [6, 6.07) is 7.98. The number of ether oxygens (including phenoxy) is 1. The molecule has 140 valence electrons. The Morgan fingerprint density at radius 1 is 1.37 bits per heavy atom. The van der Waals surface area contributed by atoms with Crippen molar-refractivity contribution in [3.05, 3.63) is 70.1 Å². The summed E-state index contributed by atoms with van der Waals surface area (Å²) < 4.78 is 20.7. The summed E-state index contributed by atoms with van der Waals surface area (Å²) in [7, 11) is 0. The lowest BCUT2D eigenvalue weighted by Gasteiger charge is -2.24. The summed E-state index contributed by atoms with van der Waals surface area (Å²) in [5, 5.41) is 14.3. The van der Waals surface area contributed by atoms with Gasteiger partial charge in [0.05, 0.1) is 24.5 Å². The van der Waals surface area contributed by atoms with Crippen LogP contribution < -0.4 is 5.32 Å². The fourth-order valence-corrected chi connectivity index (χ4v) is 3.21. The average molecular weight is 369 g/mol. The number of aryl methyl sites for hydroxylation is 2. The summed E-state index contributed by atoms with van der Waals surface area (Å²) in [5.41, 5.74) is 4.86. The Kier molecular flexibility index (Phi) is 4.49. The van der Waals surface area contributed by atoms with Gasteiger partial charge in [0.1, 0.15) is 11.9 Å². The Hall–Kier alpha value is -3.00. The molecule has 0 unspecified atom stereocenters. The number of rotatable bonds is 4. The lowest BCUT2D eigenvalue weighted by atomic mass is 10.1. The van der Waals surface area contributed by atoms with Crippen LogP contribution in [0.25, 0.3) is 0 Å². The van der Waals surface area contributed by atoms with E-state index in [-0.39, 0.29) is 17.8 Å². The number of benzene rings is 1. The number of carbonyl (C=O) groups excluding carboxylic acids is 1. The van der Waals surface area contributed by atoms with Crippen molar-refractivity contribution >= 4 is 5.91 Å². The number of amides is 1. The Morgan fingerprint density at radius 3 is 2.85 bits per heavy atom. The molecule has 0 spiro atoms. The van der Waals surface area contributed by atoms with Gasteiger partial charge in [0.2, 0.25) is 0 Å². The molecule has 1 aliphatic rings. The van der Waals surface area contributed by atoms with Gasteiger partial charge >= 0.3 is 0 Å². The summed E-state index contributed by atoms with van der Waals surface area (Å²) >= 11 is 0. The average Bonchev–Trinajstić information content (AvgIpc) is 3.23. The molecule has 1 atom stereocenters. The molecule has 2 aromatic heterocycles. The van der Waals surface area contributed by atoms with E-state index in [1.54, 1.807) is 22.9 Å². The van der Waals surface area contributed by atoms with Crippen molar-refractivity contribution in [2.45, 2.75) is 39.6 Å². The van der Waals surface area contributed by atoms with Crippen molar-refractivity contribution in [1.82, 2.24) is 25.3 Å². The Labute approximate surface area is 155 Å². The Balaban J connectivity index is 1.45. The number of fused-ring (bicyclic) bond motifs is 1. The number of carbonyl (C=O) groups is 1. The molecule has 7 nitrogen and oxygen atoms in total. The number of halogens is 1. The first kappa shape index (κ1) is 17.4. The van der Waals surface area contributed by atoms with Crippen LogP contribution in [0.1, 0.15) is 44.8 Å². The molecule has 4 rings (SSSR count). The number of aromatic nitrogens is 4. The standard InChI is InChI=1S/C19H20FN5O2/c1-11-16(12(2)23-22-11)8-21-19(26)17-7-15-10-27-18(9-25(15)24-17)13-3-5-14(20)6-4-13/h3-7,18H,8-10H2,1-2H3,(H,21,26)(H,22,23)/t18-/m1/s1. The van der Waals surface area contributed by atoms with Gasteiger partial charge in [0.15, 0.2) is 5.69 Å². The second-order valence-electron chi connectivity index (χ2n) is 6.65. The highest BCUT2D eigenvalue weighted by atomic mass is 19.1. The smallest absolute Gasteiger partial charge is 0.272 e. The quantitative estimate of drug-likeness (QED) is 0.740. The van der Waals surface area contributed by atoms with Gasteiger partial charge in [0.25, 0.3) is 5.91 Å². The zero-order valence-corrected chi connectivity index (χ0v) is 15.1. The van der Waals surface area contributed by atoms with Gasteiger partial charge in [-0.05, 0) is 37.6 Å². The fraction of sp³-hybridized carbons (Fsp3) is 0.316. The van der Waals surface area contributed by atoms with Gasteiger partial charge in [-0.2, -0.15) is 10.2 Å².